The molecule has 255 valence electrons. The van der Waals surface area contributed by atoms with Crippen LogP contribution in [-0.4, -0.2) is 19.8 Å². The van der Waals surface area contributed by atoms with E-state index in [-0.39, 0.29) is 44.1 Å². The summed E-state index contributed by atoms with van der Waals surface area (Å²) in [6.45, 7) is 7.71. The maximum Gasteiger partial charge on any atom is 1.00 e. The Balaban J connectivity index is -0.0000000325. The first-order valence-electron chi connectivity index (χ1n) is 6.76. The minimum atomic E-state index is -10.7. The summed E-state index contributed by atoms with van der Waals surface area (Å²) in [6.07, 6.45) is 0. The summed E-state index contributed by atoms with van der Waals surface area (Å²) in [5.74, 6) is 0. The minimum Gasteiger partial charge on any atom is 1.00 e. The minimum absolute atomic E-state index is 0. The Kier molecular flexibility index (Phi) is 29.5. The monoisotopic (exact) mass is 801 g/mol. The zero-order chi connectivity index (χ0) is 29.0. The molecule has 9 nitrogen and oxygen atoms in total. The van der Waals surface area contributed by atoms with Crippen molar-refractivity contribution >= 4 is 32.0 Å². The molecule has 0 aromatic rings. The quantitative estimate of drug-likeness (QED) is 0.0876. The molecule has 0 saturated heterocycles. The Morgan fingerprint density at radius 2 is 0.526 bits per heavy atom. The standard InChI is InChI=1S/C6H15O3P.3F6P.NO.4H3N.Ru/c1-4-7-10(8-5-2)9-6-3;3*1-7(2,3,4,5)6;1-2;;;;;/h4-6H2,1-3H3;;;;;4*1H3;/q;3*-1;+1;;;;;+1. The van der Waals surface area contributed by atoms with E-state index in [0.717, 1.165) is 0 Å². The number of rotatable bonds is 6. The zero-order valence-corrected chi connectivity index (χ0v) is 24.3. The van der Waals surface area contributed by atoms with Gasteiger partial charge in [-0.15, -0.1) is 0 Å². The summed E-state index contributed by atoms with van der Waals surface area (Å²) in [4.78, 5) is 0. The van der Waals surface area contributed by atoms with Crippen LogP contribution in [0.2, 0.25) is 0 Å². The predicted molar refractivity (Wildman–Crippen MR) is 105 cm³/mol. The Morgan fingerprint density at radius 3 is 0.579 bits per heavy atom. The smallest absolute Gasteiger partial charge is 1.00 e. The average molecular weight is 800 g/mol. The maximum atomic E-state index is 9.87. The molecule has 0 heterocycles. The molecule has 0 aliphatic rings. The van der Waals surface area contributed by atoms with Crippen LogP contribution in [0.1, 0.15) is 20.8 Å². The molecular weight excluding hydrogens is 773 g/mol. The fraction of sp³-hybridized carbons (Fsp3) is 1.00. The van der Waals surface area contributed by atoms with Crippen LogP contribution < -0.4 is 24.6 Å². The van der Waals surface area contributed by atoms with Crippen LogP contribution in [0, 0.1) is 5.46 Å². The van der Waals surface area contributed by atoms with E-state index < -0.39 is 32.0 Å². The molecule has 0 aromatic carbocycles. The first kappa shape index (κ1) is 66.6. The Labute approximate surface area is 216 Å². The van der Waals surface area contributed by atoms with Gasteiger partial charge in [0.15, 0.2) is 0 Å². The summed E-state index contributed by atoms with van der Waals surface area (Å²) in [5.41, 5.74) is 5.75. The topological polar surface area (TPSA) is 211 Å². The Morgan fingerprint density at radius 1 is 0.447 bits per heavy atom. The van der Waals surface area contributed by atoms with Crippen molar-refractivity contribution < 1.29 is 113 Å². The molecule has 0 fully saturated rings. The third-order valence-electron chi connectivity index (χ3n) is 0.704. The Hall–Kier alpha value is 0.473. The van der Waals surface area contributed by atoms with Crippen LogP contribution in [0.4, 0.5) is 75.5 Å². The van der Waals surface area contributed by atoms with Gasteiger partial charge in [0.2, 0.25) is 0 Å². The molecular formula is C6H27F18N5O4P4Ru-. The largest absolute Gasteiger partial charge is 1.00 e. The van der Waals surface area contributed by atoms with E-state index in [4.69, 9.17) is 23.8 Å². The van der Waals surface area contributed by atoms with Crippen LogP contribution in [0.25, 0.3) is 0 Å². The van der Waals surface area contributed by atoms with Crippen molar-refractivity contribution in [1.82, 2.24) is 24.6 Å². The SMILES string of the molecule is CCOP(OCC)OCC.F[P-](F)(F)(F)(F)F.F[P-](F)(F)(F)(F)F.F[P-](F)(F)(F)(F)F.N.N.N.N.N#[O+].[Ru+]. The van der Waals surface area contributed by atoms with Crippen molar-refractivity contribution in [3.8, 4) is 0 Å². The second kappa shape index (κ2) is 16.8. The summed E-state index contributed by atoms with van der Waals surface area (Å²) in [6, 6.07) is 0. The molecule has 0 unspecified atom stereocenters. The van der Waals surface area contributed by atoms with Gasteiger partial charge in [0.25, 0.3) is 0 Å². The van der Waals surface area contributed by atoms with Gasteiger partial charge in [-0.05, 0) is 20.8 Å². The molecule has 38 heavy (non-hydrogen) atoms. The first-order chi connectivity index (χ1) is 13.2. The van der Waals surface area contributed by atoms with Gasteiger partial charge in [-0.1, -0.05) is 0 Å². The molecule has 0 spiro atoms. The summed E-state index contributed by atoms with van der Waals surface area (Å²) < 4.78 is 200. The van der Waals surface area contributed by atoms with Crippen molar-refractivity contribution in [3.63, 3.8) is 0 Å². The van der Waals surface area contributed by atoms with E-state index >= 15 is 0 Å². The number of nitrogens with zero attached hydrogens (tertiary/aromatic N) is 1. The van der Waals surface area contributed by atoms with Crippen molar-refractivity contribution in [2.45, 2.75) is 20.8 Å². The normalized spacial score (nSPS) is 15.7. The number of halogens is 18. The molecule has 0 rings (SSSR count). The van der Waals surface area contributed by atoms with Gasteiger partial charge >= 0.3 is 137 Å². The molecule has 0 aromatic heterocycles. The zero-order valence-electron chi connectivity index (χ0n) is 19.0. The molecule has 0 aliphatic heterocycles. The van der Waals surface area contributed by atoms with Crippen LogP contribution >= 0.6 is 32.0 Å². The summed E-state index contributed by atoms with van der Waals surface area (Å²) in [5, 5.41) is 0. The third kappa shape index (κ3) is 511. The van der Waals surface area contributed by atoms with E-state index in [1.807, 2.05) is 20.8 Å². The molecule has 12 N–H and O–H groups in total. The molecule has 0 aliphatic carbocycles. The fourth-order valence-electron chi connectivity index (χ4n) is 0.428. The first-order valence-corrected chi connectivity index (χ1v) is 13.9. The van der Waals surface area contributed by atoms with Gasteiger partial charge in [-0.25, -0.2) is 0 Å². The Bertz CT molecular complexity index is 480. The van der Waals surface area contributed by atoms with E-state index in [0.29, 0.717) is 19.8 Å². The van der Waals surface area contributed by atoms with E-state index in [1.165, 1.54) is 0 Å². The van der Waals surface area contributed by atoms with E-state index in [2.05, 4.69) is 0 Å². The second-order valence-electron chi connectivity index (χ2n) is 4.35. The molecule has 32 heteroatoms. The summed E-state index contributed by atoms with van der Waals surface area (Å²) in [7, 11) is -33.0. The van der Waals surface area contributed by atoms with Crippen LogP contribution in [0.5, 0.6) is 0 Å². The summed E-state index contributed by atoms with van der Waals surface area (Å²) >= 11 is 0. The van der Waals surface area contributed by atoms with Crippen LogP contribution in [-0.2, 0) is 37.8 Å². The van der Waals surface area contributed by atoms with Crippen LogP contribution in [0.3, 0.4) is 0 Å². The van der Waals surface area contributed by atoms with Crippen molar-refractivity contribution in [2.75, 3.05) is 19.8 Å². The van der Waals surface area contributed by atoms with Gasteiger partial charge in [0.1, 0.15) is 0 Å². The molecule has 0 bridgehead atoms. The maximum absolute atomic E-state index is 10.7. The van der Waals surface area contributed by atoms with Gasteiger partial charge in [-0.3, -0.25) is 0 Å². The van der Waals surface area contributed by atoms with Crippen molar-refractivity contribution in [2.24, 2.45) is 0 Å². The van der Waals surface area contributed by atoms with E-state index in [1.54, 1.807) is 0 Å². The van der Waals surface area contributed by atoms with E-state index in [9.17, 15) is 75.5 Å². The molecule has 0 amide bonds. The van der Waals surface area contributed by atoms with Gasteiger partial charge in [0.05, 0.1) is 19.8 Å². The molecule has 1 radical (unpaired) electrons. The molecule has 0 saturated carbocycles. The predicted octanol–water partition coefficient (Wildman–Crippen LogP) is 13.0. The van der Waals surface area contributed by atoms with Crippen LogP contribution in [0.15, 0.2) is 0 Å². The number of hydrogen-bond acceptors (Lipinski definition) is 8. The third-order valence-corrected chi connectivity index (χ3v) is 2.11. The van der Waals surface area contributed by atoms with Gasteiger partial charge < -0.3 is 38.2 Å². The fourth-order valence-corrected chi connectivity index (χ4v) is 1.28. The van der Waals surface area contributed by atoms with Crippen molar-refractivity contribution in [1.29, 1.82) is 5.46 Å². The van der Waals surface area contributed by atoms with Gasteiger partial charge in [0, 0.05) is 0 Å². The molecule has 0 atom stereocenters. The second-order valence-corrected chi connectivity index (χ2v) is 11.3. The van der Waals surface area contributed by atoms with Crippen molar-refractivity contribution in [3.05, 3.63) is 0 Å². The average Bonchev–Trinajstić information content (AvgIpc) is 2.30. The number of hydrogen-bond donors (Lipinski definition) is 4. The van der Waals surface area contributed by atoms with Gasteiger partial charge in [-0.2, -0.15) is 0 Å².